The predicted octanol–water partition coefficient (Wildman–Crippen LogP) is 2.75. The standard InChI is InChI=1S/C20H21N3O2S/c21-12-13-22-20(25)18(23-19(24)17-9-5-2-6-10-17)11-14-26-15-16-7-3-1-4-8-16/h1-10,18H,11,13-15H2,(H,22,25)(H,23,24). The first-order valence-electron chi connectivity index (χ1n) is 8.33. The highest BCUT2D eigenvalue weighted by Gasteiger charge is 2.20. The summed E-state index contributed by atoms with van der Waals surface area (Å²) >= 11 is 1.70. The van der Waals surface area contributed by atoms with E-state index < -0.39 is 6.04 Å². The maximum Gasteiger partial charge on any atom is 0.251 e. The Kier molecular flexibility index (Phi) is 8.24. The van der Waals surface area contributed by atoms with Gasteiger partial charge in [0.2, 0.25) is 5.91 Å². The van der Waals surface area contributed by atoms with Crippen LogP contribution in [0.15, 0.2) is 60.7 Å². The van der Waals surface area contributed by atoms with Crippen LogP contribution in [-0.4, -0.2) is 30.2 Å². The fraction of sp³-hybridized carbons (Fsp3) is 0.250. The number of amides is 2. The number of nitrogens with zero attached hydrogens (tertiary/aromatic N) is 1. The molecule has 2 amide bonds. The van der Waals surface area contributed by atoms with Gasteiger partial charge in [-0.3, -0.25) is 9.59 Å². The number of carbonyl (C=O) groups excluding carboxylic acids is 2. The van der Waals surface area contributed by atoms with E-state index in [0.717, 1.165) is 5.75 Å². The second-order valence-corrected chi connectivity index (χ2v) is 6.70. The number of nitriles is 1. The van der Waals surface area contributed by atoms with Crippen molar-refractivity contribution in [2.45, 2.75) is 18.2 Å². The SMILES string of the molecule is N#CCNC(=O)C(CCSCc1ccccc1)NC(=O)c1ccccc1. The lowest BCUT2D eigenvalue weighted by Gasteiger charge is -2.17. The van der Waals surface area contributed by atoms with Gasteiger partial charge in [0.25, 0.3) is 5.91 Å². The lowest BCUT2D eigenvalue weighted by Crippen LogP contribution is -2.47. The first kappa shape index (κ1) is 19.5. The van der Waals surface area contributed by atoms with Crippen LogP contribution in [0.3, 0.4) is 0 Å². The second kappa shape index (κ2) is 11.0. The Hall–Kier alpha value is -2.78. The van der Waals surface area contributed by atoms with Gasteiger partial charge in [0.1, 0.15) is 12.6 Å². The van der Waals surface area contributed by atoms with Crippen LogP contribution >= 0.6 is 11.8 Å². The Morgan fingerprint density at radius 2 is 1.69 bits per heavy atom. The molecule has 0 spiro atoms. The fourth-order valence-corrected chi connectivity index (χ4v) is 3.29. The summed E-state index contributed by atoms with van der Waals surface area (Å²) < 4.78 is 0. The molecule has 0 aliphatic heterocycles. The van der Waals surface area contributed by atoms with Crippen molar-refractivity contribution < 1.29 is 9.59 Å². The zero-order valence-corrected chi connectivity index (χ0v) is 15.2. The van der Waals surface area contributed by atoms with E-state index in [9.17, 15) is 9.59 Å². The average molecular weight is 367 g/mol. The lowest BCUT2D eigenvalue weighted by molar-refractivity contribution is -0.122. The molecule has 0 radical (unpaired) electrons. The predicted molar refractivity (Wildman–Crippen MR) is 104 cm³/mol. The Balaban J connectivity index is 1.89. The van der Waals surface area contributed by atoms with Gasteiger partial charge in [-0.1, -0.05) is 48.5 Å². The van der Waals surface area contributed by atoms with Gasteiger partial charge in [-0.15, -0.1) is 0 Å². The van der Waals surface area contributed by atoms with Gasteiger partial charge in [0.05, 0.1) is 6.07 Å². The van der Waals surface area contributed by atoms with E-state index in [2.05, 4.69) is 22.8 Å². The van der Waals surface area contributed by atoms with Crippen molar-refractivity contribution in [3.05, 3.63) is 71.8 Å². The van der Waals surface area contributed by atoms with Crippen LogP contribution in [0.5, 0.6) is 0 Å². The molecule has 0 heterocycles. The minimum absolute atomic E-state index is 0.0757. The third kappa shape index (κ3) is 6.61. The molecule has 2 aromatic rings. The molecule has 0 saturated heterocycles. The minimum Gasteiger partial charge on any atom is -0.341 e. The Labute approximate surface area is 157 Å². The van der Waals surface area contributed by atoms with Gasteiger partial charge in [-0.05, 0) is 29.9 Å². The number of benzene rings is 2. The molecule has 0 aromatic heterocycles. The van der Waals surface area contributed by atoms with Crippen LogP contribution in [0.4, 0.5) is 0 Å². The molecule has 1 unspecified atom stereocenters. The van der Waals surface area contributed by atoms with Gasteiger partial charge in [-0.2, -0.15) is 17.0 Å². The summed E-state index contributed by atoms with van der Waals surface area (Å²) in [4.78, 5) is 24.6. The van der Waals surface area contributed by atoms with Crippen molar-refractivity contribution in [2.24, 2.45) is 0 Å². The van der Waals surface area contributed by atoms with Crippen molar-refractivity contribution in [1.82, 2.24) is 10.6 Å². The summed E-state index contributed by atoms with van der Waals surface area (Å²) in [6.45, 7) is -0.0757. The quantitative estimate of drug-likeness (QED) is 0.527. The van der Waals surface area contributed by atoms with E-state index in [0.29, 0.717) is 17.7 Å². The molecule has 0 aliphatic rings. The summed E-state index contributed by atoms with van der Waals surface area (Å²) in [5, 5.41) is 13.9. The number of thioether (sulfide) groups is 1. The van der Waals surface area contributed by atoms with Gasteiger partial charge in [-0.25, -0.2) is 0 Å². The molecule has 0 fully saturated rings. The van der Waals surface area contributed by atoms with E-state index in [1.54, 1.807) is 36.0 Å². The van der Waals surface area contributed by atoms with Crippen LogP contribution in [0.1, 0.15) is 22.3 Å². The Bertz CT molecular complexity index is 745. The molecule has 2 aromatic carbocycles. The summed E-state index contributed by atoms with van der Waals surface area (Å²) in [6, 6.07) is 20.1. The summed E-state index contributed by atoms with van der Waals surface area (Å²) in [5.74, 6) is 0.932. The zero-order chi connectivity index (χ0) is 18.6. The van der Waals surface area contributed by atoms with Crippen LogP contribution in [0.2, 0.25) is 0 Å². The highest BCUT2D eigenvalue weighted by Crippen LogP contribution is 2.14. The first-order valence-corrected chi connectivity index (χ1v) is 9.48. The fourth-order valence-electron chi connectivity index (χ4n) is 2.32. The van der Waals surface area contributed by atoms with Crippen molar-refractivity contribution in [3.8, 4) is 6.07 Å². The third-order valence-corrected chi connectivity index (χ3v) is 4.72. The normalized spacial score (nSPS) is 11.2. The van der Waals surface area contributed by atoms with E-state index in [1.165, 1.54) is 5.56 Å². The van der Waals surface area contributed by atoms with Gasteiger partial charge >= 0.3 is 0 Å². The van der Waals surface area contributed by atoms with E-state index in [4.69, 9.17) is 5.26 Å². The zero-order valence-electron chi connectivity index (χ0n) is 14.4. The summed E-state index contributed by atoms with van der Waals surface area (Å²) in [7, 11) is 0. The van der Waals surface area contributed by atoms with E-state index in [-0.39, 0.29) is 18.4 Å². The van der Waals surface area contributed by atoms with E-state index in [1.807, 2.05) is 30.3 Å². The maximum absolute atomic E-state index is 12.3. The summed E-state index contributed by atoms with van der Waals surface area (Å²) in [6.07, 6.45) is 0.493. The molecule has 1 atom stereocenters. The molecule has 0 bridgehead atoms. The highest BCUT2D eigenvalue weighted by atomic mass is 32.2. The number of carbonyl (C=O) groups is 2. The summed E-state index contributed by atoms with van der Waals surface area (Å²) in [5.41, 5.74) is 1.72. The number of nitrogens with one attached hydrogen (secondary N) is 2. The lowest BCUT2D eigenvalue weighted by atomic mass is 10.1. The molecular weight excluding hydrogens is 346 g/mol. The molecule has 5 nitrogen and oxygen atoms in total. The van der Waals surface area contributed by atoms with Crippen molar-refractivity contribution in [3.63, 3.8) is 0 Å². The molecule has 26 heavy (non-hydrogen) atoms. The van der Waals surface area contributed by atoms with E-state index >= 15 is 0 Å². The first-order chi connectivity index (χ1) is 12.7. The van der Waals surface area contributed by atoms with Crippen molar-refractivity contribution in [2.75, 3.05) is 12.3 Å². The van der Waals surface area contributed by atoms with Crippen LogP contribution < -0.4 is 10.6 Å². The van der Waals surface area contributed by atoms with Gasteiger partial charge in [0, 0.05) is 11.3 Å². The third-order valence-electron chi connectivity index (χ3n) is 3.66. The number of hydrogen-bond donors (Lipinski definition) is 2. The maximum atomic E-state index is 12.3. The van der Waals surface area contributed by atoms with Gasteiger partial charge < -0.3 is 10.6 Å². The highest BCUT2D eigenvalue weighted by molar-refractivity contribution is 7.98. The Morgan fingerprint density at radius 3 is 2.35 bits per heavy atom. The van der Waals surface area contributed by atoms with Crippen LogP contribution in [-0.2, 0) is 10.5 Å². The molecular formula is C20H21N3O2S. The number of hydrogen-bond acceptors (Lipinski definition) is 4. The minimum atomic E-state index is -0.667. The molecule has 2 N–H and O–H groups in total. The Morgan fingerprint density at radius 1 is 1.04 bits per heavy atom. The number of rotatable bonds is 9. The van der Waals surface area contributed by atoms with Crippen LogP contribution in [0, 0.1) is 11.3 Å². The average Bonchev–Trinajstić information content (AvgIpc) is 2.69. The second-order valence-electron chi connectivity index (χ2n) is 5.59. The molecule has 0 saturated carbocycles. The molecule has 6 heteroatoms. The van der Waals surface area contributed by atoms with Crippen molar-refractivity contribution >= 4 is 23.6 Å². The topological polar surface area (TPSA) is 82.0 Å². The molecule has 2 rings (SSSR count). The smallest absolute Gasteiger partial charge is 0.251 e. The van der Waals surface area contributed by atoms with Crippen molar-refractivity contribution in [1.29, 1.82) is 5.26 Å². The van der Waals surface area contributed by atoms with Gasteiger partial charge in [0.15, 0.2) is 0 Å². The largest absolute Gasteiger partial charge is 0.341 e. The molecule has 0 aliphatic carbocycles. The monoisotopic (exact) mass is 367 g/mol. The van der Waals surface area contributed by atoms with Crippen LogP contribution in [0.25, 0.3) is 0 Å². The molecule has 134 valence electrons.